The van der Waals surface area contributed by atoms with Crippen LogP contribution in [0, 0.1) is 0 Å². The van der Waals surface area contributed by atoms with Gasteiger partial charge in [0.1, 0.15) is 5.75 Å². The summed E-state index contributed by atoms with van der Waals surface area (Å²) in [5, 5.41) is 8.84. The van der Waals surface area contributed by atoms with Gasteiger partial charge in [-0.05, 0) is 17.7 Å². The second-order valence-corrected chi connectivity index (χ2v) is 3.11. The van der Waals surface area contributed by atoms with Crippen LogP contribution in [0.2, 0.25) is 0 Å². The first-order chi connectivity index (χ1) is 6.93. The van der Waals surface area contributed by atoms with Crippen LogP contribution in [-0.2, 0) is 6.42 Å². The molecule has 0 amide bonds. The third-order valence-electron chi connectivity index (χ3n) is 1.94. The van der Waals surface area contributed by atoms with Gasteiger partial charge in [-0.3, -0.25) is 0 Å². The Morgan fingerprint density at radius 1 is 1.40 bits per heavy atom. The molecule has 1 aromatic rings. The van der Waals surface area contributed by atoms with Crippen molar-refractivity contribution in [2.75, 3.05) is 7.11 Å². The minimum absolute atomic E-state index is 0.388. The van der Waals surface area contributed by atoms with Gasteiger partial charge < -0.3 is 9.84 Å². The molecule has 0 saturated heterocycles. The molecule has 0 radical (unpaired) electrons. The predicted octanol–water partition coefficient (Wildman–Crippen LogP) is 2.16. The lowest BCUT2D eigenvalue weighted by molar-refractivity contribution is -0.203. The Labute approximate surface area is 85.3 Å². The van der Waals surface area contributed by atoms with E-state index in [1.54, 1.807) is 12.1 Å². The van der Waals surface area contributed by atoms with Gasteiger partial charge in [0.25, 0.3) is 0 Å². The van der Waals surface area contributed by atoms with Gasteiger partial charge in [0.05, 0.1) is 7.11 Å². The van der Waals surface area contributed by atoms with E-state index in [2.05, 4.69) is 0 Å². The maximum Gasteiger partial charge on any atom is 0.414 e. The Morgan fingerprint density at radius 2 is 2.07 bits per heavy atom. The van der Waals surface area contributed by atoms with Crippen LogP contribution in [0.3, 0.4) is 0 Å². The molecule has 5 heteroatoms. The molecular weight excluding hydrogens is 209 g/mol. The fraction of sp³-hybridized carbons (Fsp3) is 0.400. The summed E-state index contributed by atoms with van der Waals surface area (Å²) in [5.74, 6) is 0.474. The number of halogens is 3. The summed E-state index contributed by atoms with van der Waals surface area (Å²) in [4.78, 5) is 0. The third-order valence-corrected chi connectivity index (χ3v) is 1.94. The first kappa shape index (κ1) is 11.8. The fourth-order valence-corrected chi connectivity index (χ4v) is 1.14. The van der Waals surface area contributed by atoms with Crippen molar-refractivity contribution in [2.45, 2.75) is 18.7 Å². The van der Waals surface area contributed by atoms with Crippen LogP contribution >= 0.6 is 0 Å². The maximum absolute atomic E-state index is 12.0. The molecule has 2 nitrogen and oxygen atoms in total. The summed E-state index contributed by atoms with van der Waals surface area (Å²) in [5.41, 5.74) is 0.388. The molecule has 0 bridgehead atoms. The number of rotatable bonds is 3. The second kappa shape index (κ2) is 4.53. The molecular formula is C10H11F3O2. The van der Waals surface area contributed by atoms with Gasteiger partial charge in [-0.1, -0.05) is 12.1 Å². The first-order valence-corrected chi connectivity index (χ1v) is 4.31. The molecule has 0 aliphatic heterocycles. The van der Waals surface area contributed by atoms with E-state index >= 15 is 0 Å². The summed E-state index contributed by atoms with van der Waals surface area (Å²) in [6, 6.07) is 6.19. The number of ether oxygens (including phenoxy) is 1. The zero-order valence-electron chi connectivity index (χ0n) is 8.08. The number of alkyl halides is 3. The van der Waals surface area contributed by atoms with E-state index in [1.165, 1.54) is 19.2 Å². The minimum atomic E-state index is -4.58. The fourth-order valence-electron chi connectivity index (χ4n) is 1.14. The van der Waals surface area contributed by atoms with Crippen LogP contribution in [-0.4, -0.2) is 24.5 Å². The monoisotopic (exact) mass is 220 g/mol. The first-order valence-electron chi connectivity index (χ1n) is 4.31. The van der Waals surface area contributed by atoms with Gasteiger partial charge >= 0.3 is 6.18 Å². The van der Waals surface area contributed by atoms with E-state index in [1.807, 2.05) is 0 Å². The zero-order valence-corrected chi connectivity index (χ0v) is 8.08. The Kier molecular flexibility index (Phi) is 3.57. The summed E-state index contributed by atoms with van der Waals surface area (Å²) in [7, 11) is 1.43. The largest absolute Gasteiger partial charge is 0.497 e. The number of aliphatic hydroxyl groups is 1. The molecule has 0 aromatic heterocycles. The highest BCUT2D eigenvalue weighted by atomic mass is 19.4. The van der Waals surface area contributed by atoms with Gasteiger partial charge in [0.2, 0.25) is 0 Å². The topological polar surface area (TPSA) is 29.5 Å². The molecule has 15 heavy (non-hydrogen) atoms. The van der Waals surface area contributed by atoms with Gasteiger partial charge in [-0.15, -0.1) is 0 Å². The van der Waals surface area contributed by atoms with E-state index in [0.29, 0.717) is 11.3 Å². The normalized spacial score (nSPS) is 13.7. The van der Waals surface area contributed by atoms with Crippen molar-refractivity contribution >= 4 is 0 Å². The van der Waals surface area contributed by atoms with E-state index in [4.69, 9.17) is 9.84 Å². The van der Waals surface area contributed by atoms with Crippen LogP contribution < -0.4 is 4.74 Å². The highest BCUT2D eigenvalue weighted by molar-refractivity contribution is 5.28. The number of benzene rings is 1. The van der Waals surface area contributed by atoms with E-state index in [-0.39, 0.29) is 0 Å². The van der Waals surface area contributed by atoms with Crippen LogP contribution in [0.15, 0.2) is 24.3 Å². The summed E-state index contributed by atoms with van der Waals surface area (Å²) < 4.78 is 41.0. The number of hydrogen-bond acceptors (Lipinski definition) is 2. The Bertz CT molecular complexity index is 323. The molecule has 0 aliphatic rings. The third kappa shape index (κ3) is 3.43. The van der Waals surface area contributed by atoms with Gasteiger partial charge in [-0.2, -0.15) is 13.2 Å². The summed E-state index contributed by atoms with van der Waals surface area (Å²) >= 11 is 0. The molecule has 1 atom stereocenters. The molecule has 84 valence electrons. The smallest absolute Gasteiger partial charge is 0.414 e. The average Bonchev–Trinajstić information content (AvgIpc) is 2.16. The van der Waals surface area contributed by atoms with E-state index in [0.717, 1.165) is 0 Å². The molecule has 0 fully saturated rings. The maximum atomic E-state index is 12.0. The summed E-state index contributed by atoms with van der Waals surface area (Å²) in [6.07, 6.45) is -7.37. The molecule has 1 rings (SSSR count). The van der Waals surface area contributed by atoms with E-state index in [9.17, 15) is 13.2 Å². The van der Waals surface area contributed by atoms with Crippen LogP contribution in [0.1, 0.15) is 5.56 Å². The number of methoxy groups -OCH3 is 1. The number of hydrogen-bond donors (Lipinski definition) is 1. The second-order valence-electron chi connectivity index (χ2n) is 3.11. The molecule has 0 saturated carbocycles. The van der Waals surface area contributed by atoms with Crippen molar-refractivity contribution < 1.29 is 23.0 Å². The number of aliphatic hydroxyl groups excluding tert-OH is 1. The van der Waals surface area contributed by atoms with E-state index < -0.39 is 18.7 Å². The van der Waals surface area contributed by atoms with Crippen LogP contribution in [0.25, 0.3) is 0 Å². The summed E-state index contributed by atoms with van der Waals surface area (Å²) in [6.45, 7) is 0. The van der Waals surface area contributed by atoms with Gasteiger partial charge in [0, 0.05) is 6.42 Å². The molecule has 0 heterocycles. The lowest BCUT2D eigenvalue weighted by atomic mass is 10.1. The van der Waals surface area contributed by atoms with Crippen molar-refractivity contribution in [1.82, 2.24) is 0 Å². The van der Waals surface area contributed by atoms with Gasteiger partial charge in [0.15, 0.2) is 6.10 Å². The molecule has 0 aliphatic carbocycles. The quantitative estimate of drug-likeness (QED) is 0.845. The lowest BCUT2D eigenvalue weighted by Crippen LogP contribution is -2.30. The molecule has 0 spiro atoms. The minimum Gasteiger partial charge on any atom is -0.497 e. The SMILES string of the molecule is COc1cccc(C[C@H](O)C(F)(F)F)c1. The standard InChI is InChI=1S/C10H11F3O2/c1-15-8-4-2-3-7(5-8)6-9(14)10(11,12)13/h2-5,9,14H,6H2,1H3/t9-/m0/s1. The molecule has 0 unspecified atom stereocenters. The zero-order chi connectivity index (χ0) is 11.5. The van der Waals surface area contributed by atoms with Gasteiger partial charge in [-0.25, -0.2) is 0 Å². The molecule has 1 N–H and O–H groups in total. The van der Waals surface area contributed by atoms with Crippen LogP contribution in [0.4, 0.5) is 13.2 Å². The van der Waals surface area contributed by atoms with Crippen molar-refractivity contribution in [2.24, 2.45) is 0 Å². The Hall–Kier alpha value is -1.23. The average molecular weight is 220 g/mol. The van der Waals surface area contributed by atoms with Crippen molar-refractivity contribution in [3.63, 3.8) is 0 Å². The van der Waals surface area contributed by atoms with Crippen molar-refractivity contribution in [3.05, 3.63) is 29.8 Å². The highest BCUT2D eigenvalue weighted by Crippen LogP contribution is 2.24. The Balaban J connectivity index is 2.72. The predicted molar refractivity (Wildman–Crippen MR) is 48.8 cm³/mol. The lowest BCUT2D eigenvalue weighted by Gasteiger charge is -2.14. The highest BCUT2D eigenvalue weighted by Gasteiger charge is 2.37. The molecule has 1 aromatic carbocycles. The van der Waals surface area contributed by atoms with Crippen molar-refractivity contribution in [3.8, 4) is 5.75 Å². The van der Waals surface area contributed by atoms with Crippen molar-refractivity contribution in [1.29, 1.82) is 0 Å². The van der Waals surface area contributed by atoms with Crippen LogP contribution in [0.5, 0.6) is 5.75 Å². The Morgan fingerprint density at radius 3 is 2.60 bits per heavy atom.